The maximum atomic E-state index is 11.8. The molecule has 0 aromatic heterocycles. The van der Waals surface area contributed by atoms with Gasteiger partial charge >= 0.3 is 0 Å². The zero-order chi connectivity index (χ0) is 13.7. The minimum absolute atomic E-state index is 0.0261. The molecule has 5 nitrogen and oxygen atoms in total. The largest absolute Gasteiger partial charge is 0.624 e. The Kier molecular flexibility index (Phi) is 3.87. The van der Waals surface area contributed by atoms with E-state index in [0.29, 0.717) is 5.56 Å². The normalized spacial score (nSPS) is 11.3. The first-order valence-electron chi connectivity index (χ1n) is 5.72. The van der Waals surface area contributed by atoms with Gasteiger partial charge < -0.3 is 5.21 Å². The number of nitro benzene ring substituents is 1. The van der Waals surface area contributed by atoms with E-state index in [1.807, 2.05) is 30.3 Å². The van der Waals surface area contributed by atoms with Gasteiger partial charge in [-0.2, -0.15) is 0 Å². The first-order valence-corrected chi connectivity index (χ1v) is 5.72. The molecule has 96 valence electrons. The van der Waals surface area contributed by atoms with Crippen LogP contribution in [0, 0.1) is 15.3 Å². The molecule has 2 aromatic carbocycles. The Balaban J connectivity index is 2.16. The monoisotopic (exact) mass is 256 g/mol. The van der Waals surface area contributed by atoms with Crippen LogP contribution in [0.15, 0.2) is 54.6 Å². The number of hydrogen-bond acceptors (Lipinski definition) is 3. The summed E-state index contributed by atoms with van der Waals surface area (Å²) in [6.45, 7) is 0.212. The fourth-order valence-electron chi connectivity index (χ4n) is 1.69. The van der Waals surface area contributed by atoms with E-state index in [4.69, 9.17) is 0 Å². The van der Waals surface area contributed by atoms with Crippen LogP contribution in [-0.2, 0) is 6.54 Å². The second-order valence-electron chi connectivity index (χ2n) is 4.04. The second kappa shape index (κ2) is 5.77. The maximum Gasteiger partial charge on any atom is 0.270 e. The highest BCUT2D eigenvalue weighted by atomic mass is 16.6. The lowest BCUT2D eigenvalue weighted by molar-refractivity contribution is -0.469. The lowest BCUT2D eigenvalue weighted by Gasteiger charge is -2.03. The number of hydroxylamine groups is 1. The van der Waals surface area contributed by atoms with Crippen LogP contribution in [0.25, 0.3) is 0 Å². The summed E-state index contributed by atoms with van der Waals surface area (Å²) in [5.41, 5.74) is 1.38. The summed E-state index contributed by atoms with van der Waals surface area (Å²) in [4.78, 5) is 10.1. The summed E-state index contributed by atoms with van der Waals surface area (Å²) >= 11 is 0. The van der Waals surface area contributed by atoms with Crippen molar-refractivity contribution in [2.24, 2.45) is 0 Å². The van der Waals surface area contributed by atoms with E-state index in [2.05, 4.69) is 0 Å². The molecule has 19 heavy (non-hydrogen) atoms. The number of nitrogens with zero attached hydrogens (tertiary/aromatic N) is 2. The Morgan fingerprint density at radius 1 is 1.00 bits per heavy atom. The summed E-state index contributed by atoms with van der Waals surface area (Å²) < 4.78 is 0.758. The standard InChI is InChI=1S/C14H12N2O3/c17-15(10-12-5-2-1-3-6-12)11-13-7-4-8-14(9-13)16(18)19/h1-9,11H,10H2. The molecule has 0 heterocycles. The van der Waals surface area contributed by atoms with Crippen molar-refractivity contribution in [2.45, 2.75) is 6.54 Å². The van der Waals surface area contributed by atoms with E-state index >= 15 is 0 Å². The van der Waals surface area contributed by atoms with Gasteiger partial charge in [-0.1, -0.05) is 36.4 Å². The van der Waals surface area contributed by atoms with Gasteiger partial charge in [-0.05, 0) is 6.07 Å². The summed E-state index contributed by atoms with van der Waals surface area (Å²) in [5, 5.41) is 22.4. The maximum absolute atomic E-state index is 11.8. The lowest BCUT2D eigenvalue weighted by atomic mass is 10.2. The molecule has 0 spiro atoms. The first-order chi connectivity index (χ1) is 9.15. The van der Waals surface area contributed by atoms with Crippen LogP contribution >= 0.6 is 0 Å². The van der Waals surface area contributed by atoms with E-state index in [0.717, 1.165) is 10.3 Å². The fraction of sp³-hybridized carbons (Fsp3) is 0.0714. The van der Waals surface area contributed by atoms with Gasteiger partial charge in [0.1, 0.15) is 0 Å². The minimum atomic E-state index is -0.482. The van der Waals surface area contributed by atoms with Gasteiger partial charge in [0.2, 0.25) is 0 Å². The molecule has 0 N–H and O–H groups in total. The Morgan fingerprint density at radius 3 is 2.42 bits per heavy atom. The van der Waals surface area contributed by atoms with Crippen molar-refractivity contribution >= 4 is 11.9 Å². The molecule has 0 atom stereocenters. The zero-order valence-electron chi connectivity index (χ0n) is 10.1. The Hall–Kier alpha value is -2.69. The molecule has 0 radical (unpaired) electrons. The van der Waals surface area contributed by atoms with Crippen LogP contribution in [0.1, 0.15) is 11.1 Å². The molecule has 2 aromatic rings. The second-order valence-corrected chi connectivity index (χ2v) is 4.04. The van der Waals surface area contributed by atoms with E-state index in [9.17, 15) is 15.3 Å². The highest BCUT2D eigenvalue weighted by Crippen LogP contribution is 2.11. The van der Waals surface area contributed by atoms with Gasteiger partial charge in [-0.25, -0.2) is 4.74 Å². The van der Waals surface area contributed by atoms with Crippen LogP contribution in [0.4, 0.5) is 5.69 Å². The van der Waals surface area contributed by atoms with Crippen molar-refractivity contribution in [3.05, 3.63) is 81.0 Å². The molecule has 0 saturated heterocycles. The summed E-state index contributed by atoms with van der Waals surface area (Å²) in [5.74, 6) is 0. The van der Waals surface area contributed by atoms with Crippen molar-refractivity contribution in [1.82, 2.24) is 0 Å². The Bertz CT molecular complexity index is 609. The van der Waals surface area contributed by atoms with E-state index in [1.165, 1.54) is 18.3 Å². The highest BCUT2D eigenvalue weighted by molar-refractivity contribution is 5.76. The lowest BCUT2D eigenvalue weighted by Crippen LogP contribution is -2.05. The SMILES string of the molecule is O=[N+]([O-])c1cccc(C=[N+]([O-])Cc2ccccc2)c1. The van der Waals surface area contributed by atoms with Crippen molar-refractivity contribution in [3.8, 4) is 0 Å². The van der Waals surface area contributed by atoms with Crippen LogP contribution < -0.4 is 0 Å². The topological polar surface area (TPSA) is 69.2 Å². The zero-order valence-corrected chi connectivity index (χ0v) is 10.1. The van der Waals surface area contributed by atoms with Gasteiger partial charge in [-0.3, -0.25) is 10.1 Å². The number of benzene rings is 2. The predicted molar refractivity (Wildman–Crippen MR) is 72.0 cm³/mol. The molecule has 0 unspecified atom stereocenters. The molecule has 0 aliphatic carbocycles. The summed E-state index contributed by atoms with van der Waals surface area (Å²) in [7, 11) is 0. The molecule has 0 saturated carbocycles. The Morgan fingerprint density at radius 2 is 1.74 bits per heavy atom. The highest BCUT2D eigenvalue weighted by Gasteiger charge is 2.06. The average molecular weight is 256 g/mol. The van der Waals surface area contributed by atoms with Crippen LogP contribution in [0.2, 0.25) is 0 Å². The third-order valence-corrected chi connectivity index (χ3v) is 2.56. The molecule has 0 amide bonds. The van der Waals surface area contributed by atoms with E-state index < -0.39 is 4.92 Å². The average Bonchev–Trinajstić information content (AvgIpc) is 2.40. The first kappa shape index (κ1) is 12.8. The molecular weight excluding hydrogens is 244 g/mol. The van der Waals surface area contributed by atoms with Gasteiger partial charge in [0.15, 0.2) is 12.8 Å². The van der Waals surface area contributed by atoms with Crippen molar-refractivity contribution in [1.29, 1.82) is 0 Å². The molecule has 0 aliphatic heterocycles. The summed E-state index contributed by atoms with van der Waals surface area (Å²) in [6, 6.07) is 15.3. The van der Waals surface area contributed by atoms with Crippen LogP contribution in [0.5, 0.6) is 0 Å². The third kappa shape index (κ3) is 3.64. The molecule has 0 fully saturated rings. The number of nitro groups is 1. The molecular formula is C14H12N2O3. The quantitative estimate of drug-likeness (QED) is 0.277. The fourth-order valence-corrected chi connectivity index (χ4v) is 1.69. The van der Waals surface area contributed by atoms with Crippen molar-refractivity contribution in [3.63, 3.8) is 0 Å². The van der Waals surface area contributed by atoms with Gasteiger partial charge in [-0.15, -0.1) is 0 Å². The Labute approximate surface area is 110 Å². The van der Waals surface area contributed by atoms with Crippen molar-refractivity contribution in [2.75, 3.05) is 0 Å². The molecule has 2 rings (SSSR count). The number of rotatable bonds is 4. The number of non-ortho nitro benzene ring substituents is 1. The van der Waals surface area contributed by atoms with Crippen LogP contribution in [0.3, 0.4) is 0 Å². The van der Waals surface area contributed by atoms with Crippen LogP contribution in [-0.4, -0.2) is 15.9 Å². The number of hydrogen-bond donors (Lipinski definition) is 0. The molecule has 5 heteroatoms. The van der Waals surface area contributed by atoms with E-state index in [1.54, 1.807) is 12.1 Å². The minimum Gasteiger partial charge on any atom is -0.624 e. The van der Waals surface area contributed by atoms with Gasteiger partial charge in [0, 0.05) is 23.3 Å². The smallest absolute Gasteiger partial charge is 0.270 e. The van der Waals surface area contributed by atoms with Crippen molar-refractivity contribution < 1.29 is 9.66 Å². The van der Waals surface area contributed by atoms with E-state index in [-0.39, 0.29) is 12.2 Å². The van der Waals surface area contributed by atoms with Gasteiger partial charge in [0.25, 0.3) is 5.69 Å². The predicted octanol–water partition coefficient (Wildman–Crippen LogP) is 2.72. The van der Waals surface area contributed by atoms with Gasteiger partial charge in [0.05, 0.1) is 4.92 Å². The third-order valence-electron chi connectivity index (χ3n) is 2.56. The molecule has 0 aliphatic rings. The molecule has 0 bridgehead atoms. The summed E-state index contributed by atoms with van der Waals surface area (Å²) in [6.07, 6.45) is 1.35.